The van der Waals surface area contributed by atoms with E-state index in [2.05, 4.69) is 109 Å². The summed E-state index contributed by atoms with van der Waals surface area (Å²) in [5.41, 5.74) is 1.33. The Morgan fingerprint density at radius 2 is 1.31 bits per heavy atom. The van der Waals surface area contributed by atoms with Gasteiger partial charge in [-0.05, 0) is 131 Å². The van der Waals surface area contributed by atoms with Gasteiger partial charge in [0.2, 0.25) is 16.6 Å². The van der Waals surface area contributed by atoms with Crippen LogP contribution in [0, 0.1) is 46.3 Å². The minimum Gasteiger partial charge on any atom is -0.547 e. The molecule has 5 aliphatic carbocycles. The van der Waals surface area contributed by atoms with Crippen LogP contribution in [0.3, 0.4) is 0 Å². The summed E-state index contributed by atoms with van der Waals surface area (Å²) in [5.74, 6) is 2.36. The van der Waals surface area contributed by atoms with Crippen LogP contribution in [0.2, 0.25) is 36.3 Å². The fourth-order valence-electron chi connectivity index (χ4n) is 10.2. The molecule has 0 aromatic heterocycles. The standard InChI is InChI=1S/C44H72O5Si2/c1-26(2)29-20-31-24-36(49-51(16,17)41(9,10)11)38-34(43(31,13)37(45)23-29)18-19-42(12)39(46)33(25-44(38,42)47)32-21-30(27(3)4)22-35(28(32)5)48-50(14,15)40(6,7)8/h29-34,47H,1,3,18-25H2,2,4-17H3/t29-,30-,31+,32?,33+,34-,42+,43+,44+/m1/s1. The molecule has 0 spiro atoms. The lowest BCUT2D eigenvalue weighted by Crippen LogP contribution is -2.61. The molecule has 0 aliphatic heterocycles. The molecule has 5 rings (SSSR count). The van der Waals surface area contributed by atoms with Crippen LogP contribution in [0.1, 0.15) is 128 Å². The maximum Gasteiger partial charge on any atom is 0.250 e. The molecule has 3 saturated carbocycles. The quantitative estimate of drug-likeness (QED) is 0.208. The van der Waals surface area contributed by atoms with E-state index < -0.39 is 33.1 Å². The maximum atomic E-state index is 15.1. The van der Waals surface area contributed by atoms with Crippen molar-refractivity contribution >= 4 is 28.2 Å². The Kier molecular flexibility index (Phi) is 10.1. The van der Waals surface area contributed by atoms with Gasteiger partial charge >= 0.3 is 0 Å². The minimum absolute atomic E-state index is 0.0393. The zero-order valence-corrected chi connectivity index (χ0v) is 37.1. The fraction of sp³-hybridized carbons (Fsp3) is 0.773. The van der Waals surface area contributed by atoms with E-state index in [-0.39, 0.29) is 57.2 Å². The summed E-state index contributed by atoms with van der Waals surface area (Å²) in [6.07, 6.45) is 5.35. The fourth-order valence-corrected chi connectivity index (χ4v) is 12.5. The number of ketones is 2. The molecule has 3 fully saturated rings. The topological polar surface area (TPSA) is 72.8 Å². The molecule has 0 aromatic rings. The number of hydrogen-bond donors (Lipinski definition) is 1. The lowest BCUT2D eigenvalue weighted by molar-refractivity contribution is -0.151. The number of allylic oxidation sites excluding steroid dienone is 5. The van der Waals surface area contributed by atoms with E-state index in [1.165, 1.54) is 5.57 Å². The summed E-state index contributed by atoms with van der Waals surface area (Å²) in [5, 5.41) is 13.5. The third-order valence-electron chi connectivity index (χ3n) is 16.2. The van der Waals surface area contributed by atoms with Gasteiger partial charge in [-0.25, -0.2) is 0 Å². The second kappa shape index (κ2) is 12.7. The van der Waals surface area contributed by atoms with Crippen molar-refractivity contribution in [1.82, 2.24) is 0 Å². The van der Waals surface area contributed by atoms with Gasteiger partial charge in [-0.1, -0.05) is 72.8 Å². The van der Waals surface area contributed by atoms with Gasteiger partial charge in [0.05, 0.1) is 16.9 Å². The highest BCUT2D eigenvalue weighted by Gasteiger charge is 2.71. The van der Waals surface area contributed by atoms with Gasteiger partial charge in [0.1, 0.15) is 17.2 Å². The predicted molar refractivity (Wildman–Crippen MR) is 215 cm³/mol. The summed E-state index contributed by atoms with van der Waals surface area (Å²) < 4.78 is 14.4. The molecule has 5 nitrogen and oxygen atoms in total. The third-order valence-corrected chi connectivity index (χ3v) is 24.9. The van der Waals surface area contributed by atoms with E-state index in [9.17, 15) is 9.90 Å². The van der Waals surface area contributed by atoms with Crippen LogP contribution in [0.5, 0.6) is 0 Å². The second-order valence-corrected chi connectivity index (χ2v) is 30.8. The zero-order valence-electron chi connectivity index (χ0n) is 35.1. The first-order chi connectivity index (χ1) is 23.0. The van der Waals surface area contributed by atoms with Gasteiger partial charge in [-0.2, -0.15) is 0 Å². The highest BCUT2D eigenvalue weighted by molar-refractivity contribution is 6.74. The van der Waals surface area contributed by atoms with E-state index in [1.54, 1.807) is 0 Å². The average Bonchev–Trinajstić information content (AvgIpc) is 3.18. The highest BCUT2D eigenvalue weighted by atomic mass is 28.4. The molecule has 9 atom stereocenters. The number of carbonyl (C=O) groups excluding carboxylic acids is 2. The Morgan fingerprint density at radius 1 is 0.804 bits per heavy atom. The van der Waals surface area contributed by atoms with E-state index in [4.69, 9.17) is 8.85 Å². The molecule has 0 saturated heterocycles. The lowest BCUT2D eigenvalue weighted by Gasteiger charge is -2.59. The largest absolute Gasteiger partial charge is 0.547 e. The van der Waals surface area contributed by atoms with Crippen molar-refractivity contribution in [2.75, 3.05) is 0 Å². The normalized spacial score (nSPS) is 37.9. The number of aliphatic hydroxyl groups is 1. The van der Waals surface area contributed by atoms with E-state index >= 15 is 4.79 Å². The molecular weight excluding hydrogens is 665 g/mol. The smallest absolute Gasteiger partial charge is 0.250 e. The van der Waals surface area contributed by atoms with Gasteiger partial charge in [0, 0.05) is 36.2 Å². The molecule has 1 unspecified atom stereocenters. The summed E-state index contributed by atoms with van der Waals surface area (Å²) in [4.78, 5) is 29.6. The van der Waals surface area contributed by atoms with Crippen molar-refractivity contribution in [3.63, 3.8) is 0 Å². The van der Waals surface area contributed by atoms with Crippen LogP contribution < -0.4 is 0 Å². The lowest BCUT2D eigenvalue weighted by atomic mass is 9.46. The van der Waals surface area contributed by atoms with Crippen molar-refractivity contribution in [2.24, 2.45) is 46.3 Å². The molecule has 51 heavy (non-hydrogen) atoms. The number of Topliss-reactive ketones (excluding diaryl/α,β-unsaturated/α-hetero) is 2. The number of hydrogen-bond acceptors (Lipinski definition) is 5. The molecule has 0 aromatic carbocycles. The average molecular weight is 737 g/mol. The van der Waals surface area contributed by atoms with Crippen LogP contribution in [0.4, 0.5) is 0 Å². The molecular formula is C44H72O5Si2. The van der Waals surface area contributed by atoms with E-state index in [0.717, 1.165) is 47.5 Å². The van der Waals surface area contributed by atoms with E-state index in [0.29, 0.717) is 32.1 Å². The SMILES string of the molecule is C=C(C)[C@H]1CC(O[Si](C)(C)C(C)(C)C)=C(C)C([C@@H]2C[C@]3(O)C4=C(O[Si](C)(C)C(C)(C)C)C[C@@H]5C[C@@H](C(=C)C)CC(=O)[C@]5(C)[C@@H]4CC[C@@]3(C)C2=O)C1. The summed E-state index contributed by atoms with van der Waals surface area (Å²) in [7, 11) is -4.48. The summed E-state index contributed by atoms with van der Waals surface area (Å²) >= 11 is 0. The monoisotopic (exact) mass is 736 g/mol. The Morgan fingerprint density at radius 3 is 1.82 bits per heavy atom. The number of rotatable bonds is 7. The molecule has 7 heteroatoms. The molecule has 5 aliphatic rings. The predicted octanol–water partition coefficient (Wildman–Crippen LogP) is 11.5. The van der Waals surface area contributed by atoms with Crippen LogP contribution >= 0.6 is 0 Å². The molecule has 0 radical (unpaired) electrons. The maximum absolute atomic E-state index is 15.1. The van der Waals surface area contributed by atoms with Gasteiger partial charge in [-0.3, -0.25) is 9.59 Å². The minimum atomic E-state index is -2.34. The van der Waals surface area contributed by atoms with Crippen LogP contribution in [0.25, 0.3) is 0 Å². The van der Waals surface area contributed by atoms with Gasteiger partial charge < -0.3 is 14.0 Å². The van der Waals surface area contributed by atoms with Gasteiger partial charge in [0.25, 0.3) is 0 Å². The Balaban J connectivity index is 1.66. The van der Waals surface area contributed by atoms with Crippen molar-refractivity contribution in [2.45, 2.75) is 169 Å². The van der Waals surface area contributed by atoms with Crippen molar-refractivity contribution in [3.05, 3.63) is 47.0 Å². The zero-order chi connectivity index (χ0) is 38.7. The first-order valence-electron chi connectivity index (χ1n) is 20.0. The molecule has 0 bridgehead atoms. The highest BCUT2D eigenvalue weighted by Crippen LogP contribution is 2.69. The van der Waals surface area contributed by atoms with Crippen molar-refractivity contribution in [3.8, 4) is 0 Å². The third kappa shape index (κ3) is 6.29. The number of fused-ring (bicyclic) bond motifs is 5. The molecule has 0 heterocycles. The summed E-state index contributed by atoms with van der Waals surface area (Å²) in [6, 6.07) is 0. The van der Waals surface area contributed by atoms with Gasteiger partial charge in [-0.15, -0.1) is 0 Å². The molecule has 286 valence electrons. The van der Waals surface area contributed by atoms with Crippen LogP contribution in [0.15, 0.2) is 47.0 Å². The Hall–Kier alpha value is -1.71. The second-order valence-electron chi connectivity index (χ2n) is 21.3. The molecule has 1 N–H and O–H groups in total. The van der Waals surface area contributed by atoms with Crippen LogP contribution in [-0.4, -0.2) is 38.9 Å². The van der Waals surface area contributed by atoms with Crippen molar-refractivity contribution in [1.29, 1.82) is 0 Å². The first-order valence-corrected chi connectivity index (χ1v) is 25.8. The van der Waals surface area contributed by atoms with Crippen molar-refractivity contribution < 1.29 is 23.5 Å². The Bertz CT molecular complexity index is 1570. The van der Waals surface area contributed by atoms with Gasteiger partial charge in [0.15, 0.2) is 0 Å². The molecule has 0 amide bonds. The number of carbonyl (C=O) groups is 2. The Labute approximate surface area is 313 Å². The summed E-state index contributed by atoms with van der Waals surface area (Å²) in [6.45, 7) is 41.9. The van der Waals surface area contributed by atoms with E-state index in [1.807, 2.05) is 6.92 Å². The first kappa shape index (κ1) is 40.5. The van der Waals surface area contributed by atoms with Crippen LogP contribution in [-0.2, 0) is 18.4 Å².